The van der Waals surface area contributed by atoms with Crippen LogP contribution in [-0.4, -0.2) is 74.8 Å². The monoisotopic (exact) mass is 790 g/mol. The van der Waals surface area contributed by atoms with Crippen LogP contribution in [0.5, 0.6) is 17.2 Å². The van der Waals surface area contributed by atoms with Crippen LogP contribution < -0.4 is 31.0 Å². The van der Waals surface area contributed by atoms with E-state index in [1.54, 1.807) is 18.2 Å². The van der Waals surface area contributed by atoms with Gasteiger partial charge in [-0.25, -0.2) is 4.79 Å². The summed E-state index contributed by atoms with van der Waals surface area (Å²) >= 11 is 0. The Morgan fingerprint density at radius 2 is 1.60 bits per heavy atom. The summed E-state index contributed by atoms with van der Waals surface area (Å²) in [5.41, 5.74) is -2.23. The van der Waals surface area contributed by atoms with E-state index in [-0.39, 0.29) is 58.4 Å². The first-order valence-electron chi connectivity index (χ1n) is 17.6. The number of aromatic hydroxyl groups is 1. The molecule has 0 aliphatic heterocycles. The van der Waals surface area contributed by atoms with Gasteiger partial charge in [-0.15, -0.1) is 13.2 Å². The van der Waals surface area contributed by atoms with Crippen molar-refractivity contribution < 1.29 is 57.5 Å². The first-order valence-corrected chi connectivity index (χ1v) is 17.6. The molecule has 0 saturated heterocycles. The number of fused-ring (bicyclic) bond motifs is 1. The smallest absolute Gasteiger partial charge is 0.506 e. The summed E-state index contributed by atoms with van der Waals surface area (Å²) in [6, 6.07) is 21.9. The topological polar surface area (TPSA) is 220 Å². The molecule has 1 aliphatic carbocycles. The lowest BCUT2D eigenvalue weighted by Crippen LogP contribution is -2.54. The number of carbonyl (C=O) groups is 3. The van der Waals surface area contributed by atoms with Gasteiger partial charge in [0.2, 0.25) is 11.2 Å². The standard InChI is InChI=1S/C40H37F3N4O10/c41-40(42,43)57-33-15-22(9-10-23(33)19-44-20-32(49)29-11-13-31(48)36-30(29)12-14-34(50)47-36)37(52)46-27-17-26(18-27)45-35(51)21-56-28-8-4-7-25(16-28)39(55,38(53)54)24-5-2-1-3-6-24/h1-16,26-27,32,44,48-49,55H,17-21H2,(H,45,51)(H,46,52)(H,47,50)(H,53,54). The maximum atomic E-state index is 13.4. The van der Waals surface area contributed by atoms with Gasteiger partial charge in [0.1, 0.15) is 17.2 Å². The molecule has 1 heterocycles. The van der Waals surface area contributed by atoms with Gasteiger partial charge in [0.05, 0.1) is 11.6 Å². The van der Waals surface area contributed by atoms with Gasteiger partial charge >= 0.3 is 12.3 Å². The molecule has 0 radical (unpaired) electrons. The van der Waals surface area contributed by atoms with E-state index in [1.807, 2.05) is 0 Å². The molecule has 8 N–H and O–H groups in total. The number of aliphatic hydroxyl groups excluding tert-OH is 1. The second-order valence-corrected chi connectivity index (χ2v) is 13.4. The summed E-state index contributed by atoms with van der Waals surface area (Å²) in [5, 5.41) is 50.6. The average Bonchev–Trinajstić information content (AvgIpc) is 3.16. The number of ether oxygens (including phenoxy) is 2. The zero-order valence-electron chi connectivity index (χ0n) is 29.9. The van der Waals surface area contributed by atoms with Crippen LogP contribution in [-0.2, 0) is 21.7 Å². The number of H-pyrrole nitrogens is 1. The van der Waals surface area contributed by atoms with Crippen LogP contribution in [0, 0.1) is 0 Å². The highest BCUT2D eigenvalue weighted by Gasteiger charge is 2.40. The maximum Gasteiger partial charge on any atom is 0.573 e. The second-order valence-electron chi connectivity index (χ2n) is 13.4. The Morgan fingerprint density at radius 3 is 2.32 bits per heavy atom. The highest BCUT2D eigenvalue weighted by Crippen LogP contribution is 2.33. The molecule has 4 aromatic carbocycles. The molecule has 1 saturated carbocycles. The maximum absolute atomic E-state index is 13.4. The van der Waals surface area contributed by atoms with Crippen molar-refractivity contribution in [2.75, 3.05) is 13.2 Å². The Bertz CT molecular complexity index is 2330. The second kappa shape index (κ2) is 16.7. The van der Waals surface area contributed by atoms with Crippen molar-refractivity contribution in [3.63, 3.8) is 0 Å². The fourth-order valence-corrected chi connectivity index (χ4v) is 6.51. The van der Waals surface area contributed by atoms with Crippen molar-refractivity contribution >= 4 is 28.7 Å². The van der Waals surface area contributed by atoms with Crippen molar-refractivity contribution in [3.8, 4) is 17.2 Å². The first kappa shape index (κ1) is 40.2. The number of aromatic amines is 1. The van der Waals surface area contributed by atoms with Crippen molar-refractivity contribution in [3.05, 3.63) is 135 Å². The first-order chi connectivity index (χ1) is 27.1. The number of amides is 2. The fraction of sp³-hybridized carbons (Fsp3) is 0.250. The van der Waals surface area contributed by atoms with Gasteiger partial charge in [0.25, 0.3) is 11.8 Å². The van der Waals surface area contributed by atoms with Gasteiger partial charge in [0, 0.05) is 53.3 Å². The molecule has 57 heavy (non-hydrogen) atoms. The third kappa shape index (κ3) is 9.52. The van der Waals surface area contributed by atoms with Crippen LogP contribution in [0.25, 0.3) is 10.9 Å². The Hall–Kier alpha value is -6.43. The summed E-state index contributed by atoms with van der Waals surface area (Å²) in [6.45, 7) is -0.738. The molecule has 1 fully saturated rings. The van der Waals surface area contributed by atoms with Crippen molar-refractivity contribution in [2.24, 2.45) is 0 Å². The van der Waals surface area contributed by atoms with E-state index >= 15 is 0 Å². The Kier molecular flexibility index (Phi) is 11.8. The van der Waals surface area contributed by atoms with Gasteiger partial charge < -0.3 is 50.8 Å². The van der Waals surface area contributed by atoms with E-state index in [0.717, 1.165) is 6.07 Å². The van der Waals surface area contributed by atoms with Crippen molar-refractivity contribution in [1.82, 2.24) is 20.9 Å². The molecule has 1 aromatic heterocycles. The summed E-state index contributed by atoms with van der Waals surface area (Å²) in [6.07, 6.45) is -5.58. The zero-order valence-corrected chi connectivity index (χ0v) is 29.9. The Morgan fingerprint density at radius 1 is 0.877 bits per heavy atom. The lowest BCUT2D eigenvalue weighted by Gasteiger charge is -2.36. The van der Waals surface area contributed by atoms with E-state index in [1.165, 1.54) is 72.8 Å². The number of nitrogens with one attached hydrogen (secondary N) is 4. The number of phenolic OH excluding ortho intramolecular Hbond substituents is 1. The van der Waals surface area contributed by atoms with Gasteiger partial charge in [-0.1, -0.05) is 54.6 Å². The quantitative estimate of drug-likeness (QED) is 0.0764. The van der Waals surface area contributed by atoms with Crippen LogP contribution in [0.4, 0.5) is 13.2 Å². The number of aliphatic carboxylic acids is 1. The number of aromatic nitrogens is 1. The normalized spacial score (nSPS) is 16.8. The summed E-state index contributed by atoms with van der Waals surface area (Å²) in [7, 11) is 0. The van der Waals surface area contributed by atoms with Gasteiger partial charge in [0.15, 0.2) is 6.61 Å². The number of phenols is 1. The number of hydrogen-bond donors (Lipinski definition) is 8. The molecular weight excluding hydrogens is 753 g/mol. The molecule has 14 nitrogen and oxygen atoms in total. The number of alkyl halides is 3. The van der Waals surface area contributed by atoms with E-state index in [2.05, 4.69) is 25.7 Å². The molecule has 5 aromatic rings. The molecule has 0 spiro atoms. The van der Waals surface area contributed by atoms with Crippen LogP contribution in [0.3, 0.4) is 0 Å². The molecule has 17 heteroatoms. The van der Waals surface area contributed by atoms with Crippen molar-refractivity contribution in [1.29, 1.82) is 0 Å². The summed E-state index contributed by atoms with van der Waals surface area (Å²) in [5.74, 6) is -3.33. The third-order valence-corrected chi connectivity index (χ3v) is 9.44. The molecule has 0 bridgehead atoms. The molecule has 2 unspecified atom stereocenters. The largest absolute Gasteiger partial charge is 0.573 e. The number of aliphatic hydroxyl groups is 2. The van der Waals surface area contributed by atoms with Crippen LogP contribution in [0.1, 0.15) is 51.6 Å². The Balaban J connectivity index is 0.996. The predicted molar refractivity (Wildman–Crippen MR) is 197 cm³/mol. The highest BCUT2D eigenvalue weighted by molar-refractivity contribution is 5.95. The van der Waals surface area contributed by atoms with E-state index in [9.17, 15) is 52.8 Å². The minimum absolute atomic E-state index is 0.0249. The summed E-state index contributed by atoms with van der Waals surface area (Å²) in [4.78, 5) is 51.9. The SMILES string of the molecule is O=C(COc1cccc(C(O)(C(=O)O)c2ccccc2)c1)NC1CC(NC(=O)c2ccc(CNCC(O)c3ccc(O)c4[nH]c(=O)ccc34)c(OC(F)(F)F)c2)C1. The number of halogens is 3. The molecule has 298 valence electrons. The van der Waals surface area contributed by atoms with E-state index < -0.39 is 59.8 Å². The lowest BCUT2D eigenvalue weighted by atomic mass is 9.86. The number of carboxylic acid groups (broad SMARTS) is 1. The van der Waals surface area contributed by atoms with Crippen LogP contribution >= 0.6 is 0 Å². The number of hydrogen-bond acceptors (Lipinski definition) is 10. The molecule has 2 amide bonds. The molecule has 6 rings (SSSR count). The molecular formula is C40H37F3N4O10. The van der Waals surface area contributed by atoms with Crippen molar-refractivity contribution in [2.45, 2.75) is 49.5 Å². The number of benzene rings is 4. The van der Waals surface area contributed by atoms with Gasteiger partial charge in [-0.05, 0) is 60.4 Å². The number of rotatable bonds is 15. The molecule has 2 atom stereocenters. The molecule has 1 aliphatic rings. The van der Waals surface area contributed by atoms with Crippen LogP contribution in [0.15, 0.2) is 102 Å². The minimum Gasteiger partial charge on any atom is -0.506 e. The predicted octanol–water partition coefficient (Wildman–Crippen LogP) is 3.73. The number of carbonyl (C=O) groups excluding carboxylic acids is 2. The van der Waals surface area contributed by atoms with Crippen LogP contribution in [0.2, 0.25) is 0 Å². The lowest BCUT2D eigenvalue weighted by molar-refractivity contribution is -0.275. The minimum atomic E-state index is -5.07. The fourth-order valence-electron chi connectivity index (χ4n) is 6.51. The summed E-state index contributed by atoms with van der Waals surface area (Å²) < 4.78 is 49.9. The average molecular weight is 791 g/mol. The Labute approximate surface area is 321 Å². The number of carboxylic acids is 1. The highest BCUT2D eigenvalue weighted by atomic mass is 19.4. The van der Waals surface area contributed by atoms with Gasteiger partial charge in [-0.2, -0.15) is 0 Å². The van der Waals surface area contributed by atoms with Gasteiger partial charge in [-0.3, -0.25) is 14.4 Å². The number of pyridine rings is 1. The van der Waals surface area contributed by atoms with E-state index in [0.29, 0.717) is 23.8 Å². The van der Waals surface area contributed by atoms with E-state index in [4.69, 9.17) is 4.74 Å². The zero-order chi connectivity index (χ0) is 40.9. The third-order valence-electron chi connectivity index (χ3n) is 9.44.